The predicted octanol–water partition coefficient (Wildman–Crippen LogP) is 7.77. The molecular formula is C48H52O10. The van der Waals surface area contributed by atoms with Crippen molar-refractivity contribution in [3.05, 3.63) is 179 Å². The molecule has 0 bridgehead atoms. The highest BCUT2D eigenvalue weighted by molar-refractivity contribution is 5.18. The van der Waals surface area contributed by atoms with Gasteiger partial charge in [-0.2, -0.15) is 0 Å². The average molecular weight is 789 g/mol. The molecule has 3 fully saturated rings. The first-order chi connectivity index (χ1) is 28.6. The van der Waals surface area contributed by atoms with Gasteiger partial charge in [0.25, 0.3) is 0 Å². The van der Waals surface area contributed by atoms with E-state index in [0.29, 0.717) is 26.4 Å². The summed E-state index contributed by atoms with van der Waals surface area (Å²) in [5, 5.41) is 0. The normalized spacial score (nSPS) is 29.5. The van der Waals surface area contributed by atoms with Crippen molar-refractivity contribution in [2.75, 3.05) is 13.7 Å². The van der Waals surface area contributed by atoms with Gasteiger partial charge in [-0.05, 0) is 34.7 Å². The average Bonchev–Trinajstić information content (AvgIpc) is 3.28. The topological polar surface area (TPSA) is 92.3 Å². The molecule has 8 rings (SSSR count). The maximum absolute atomic E-state index is 7.17. The second-order valence-corrected chi connectivity index (χ2v) is 14.9. The summed E-state index contributed by atoms with van der Waals surface area (Å²) >= 11 is 0. The number of benzene rings is 5. The molecule has 5 aromatic carbocycles. The largest absolute Gasteiger partial charge is 0.368 e. The van der Waals surface area contributed by atoms with E-state index in [4.69, 9.17) is 47.4 Å². The first-order valence-electron chi connectivity index (χ1n) is 20.0. The van der Waals surface area contributed by atoms with Crippen LogP contribution in [0.1, 0.15) is 34.7 Å². The molecule has 3 aliphatic heterocycles. The van der Waals surface area contributed by atoms with Crippen LogP contribution in [0.5, 0.6) is 0 Å². The number of hydrogen-bond donors (Lipinski definition) is 0. The number of rotatable bonds is 16. The van der Waals surface area contributed by atoms with Crippen molar-refractivity contribution in [3.63, 3.8) is 0 Å². The first-order valence-corrected chi connectivity index (χ1v) is 20.0. The molecule has 0 saturated carbocycles. The zero-order valence-corrected chi connectivity index (χ0v) is 33.0. The lowest BCUT2D eigenvalue weighted by atomic mass is 9.93. The SMILES string of the molecule is CO[C@H]1O[C@@H]2CO[C@@]3(O[C@H]2[C@H](OCc2ccccc2)[C@H]1OCc1ccccc1)O[C@@H](C)[C@H](OCc1ccccc1)[C@@H](OCc1ccccc1)[C@H]3OCc1ccccc1. The van der Waals surface area contributed by atoms with Crippen LogP contribution in [0.2, 0.25) is 0 Å². The monoisotopic (exact) mass is 788 g/mol. The Labute approximate surface area is 340 Å². The third-order valence-electron chi connectivity index (χ3n) is 10.8. The Morgan fingerprint density at radius 1 is 0.483 bits per heavy atom. The number of methoxy groups -OCH3 is 1. The van der Waals surface area contributed by atoms with Gasteiger partial charge in [0.1, 0.15) is 36.6 Å². The second kappa shape index (κ2) is 19.6. The van der Waals surface area contributed by atoms with Crippen LogP contribution in [0.15, 0.2) is 152 Å². The Hall–Kier alpha value is -4.30. The lowest BCUT2D eigenvalue weighted by Gasteiger charge is -2.57. The molecule has 0 amide bonds. The molecule has 0 N–H and O–H groups in total. The van der Waals surface area contributed by atoms with Crippen molar-refractivity contribution < 1.29 is 47.4 Å². The molecule has 5 aromatic rings. The maximum Gasteiger partial charge on any atom is 0.314 e. The summed E-state index contributed by atoms with van der Waals surface area (Å²) in [5.41, 5.74) is 5.00. The van der Waals surface area contributed by atoms with Crippen LogP contribution in [0.25, 0.3) is 0 Å². The summed E-state index contributed by atoms with van der Waals surface area (Å²) in [7, 11) is 1.60. The van der Waals surface area contributed by atoms with E-state index in [1.807, 2.05) is 159 Å². The molecule has 10 atom stereocenters. The van der Waals surface area contributed by atoms with Gasteiger partial charge in [-0.15, -0.1) is 0 Å². The highest BCUT2D eigenvalue weighted by Gasteiger charge is 2.64. The van der Waals surface area contributed by atoms with Crippen molar-refractivity contribution in [1.29, 1.82) is 0 Å². The molecule has 304 valence electrons. The van der Waals surface area contributed by atoms with E-state index in [1.54, 1.807) is 7.11 Å². The molecular weight excluding hydrogens is 737 g/mol. The second-order valence-electron chi connectivity index (χ2n) is 14.9. The van der Waals surface area contributed by atoms with Gasteiger partial charge >= 0.3 is 5.97 Å². The minimum absolute atomic E-state index is 0.0972. The molecule has 58 heavy (non-hydrogen) atoms. The highest BCUT2D eigenvalue weighted by atomic mass is 16.9. The Morgan fingerprint density at radius 2 is 0.879 bits per heavy atom. The minimum Gasteiger partial charge on any atom is -0.368 e. The van der Waals surface area contributed by atoms with Crippen LogP contribution in [0.3, 0.4) is 0 Å². The molecule has 3 saturated heterocycles. The Kier molecular flexibility index (Phi) is 13.7. The molecule has 0 unspecified atom stereocenters. The van der Waals surface area contributed by atoms with Crippen molar-refractivity contribution in [1.82, 2.24) is 0 Å². The van der Waals surface area contributed by atoms with Crippen LogP contribution in [0, 0.1) is 0 Å². The molecule has 1 spiro atoms. The zero-order valence-electron chi connectivity index (χ0n) is 33.0. The number of fused-ring (bicyclic) bond motifs is 1. The van der Waals surface area contributed by atoms with E-state index in [2.05, 4.69) is 0 Å². The molecule has 3 heterocycles. The third-order valence-corrected chi connectivity index (χ3v) is 10.8. The zero-order chi connectivity index (χ0) is 39.6. The van der Waals surface area contributed by atoms with Crippen LogP contribution >= 0.6 is 0 Å². The van der Waals surface area contributed by atoms with Gasteiger partial charge in [0.15, 0.2) is 12.4 Å². The summed E-state index contributed by atoms with van der Waals surface area (Å²) in [5.74, 6) is -1.75. The maximum atomic E-state index is 7.17. The van der Waals surface area contributed by atoms with Crippen LogP contribution < -0.4 is 0 Å². The molecule has 10 nitrogen and oxygen atoms in total. The summed E-state index contributed by atoms with van der Waals surface area (Å²) in [4.78, 5) is 0. The fourth-order valence-corrected chi connectivity index (χ4v) is 7.81. The molecule has 0 aliphatic carbocycles. The summed E-state index contributed by atoms with van der Waals surface area (Å²) in [6.45, 7) is 3.55. The van der Waals surface area contributed by atoms with Crippen LogP contribution in [-0.2, 0) is 80.4 Å². The van der Waals surface area contributed by atoms with Gasteiger partial charge in [-0.25, -0.2) is 0 Å². The predicted molar refractivity (Wildman–Crippen MR) is 215 cm³/mol. The molecule has 10 heteroatoms. The van der Waals surface area contributed by atoms with E-state index in [1.165, 1.54) is 0 Å². The van der Waals surface area contributed by atoms with Crippen molar-refractivity contribution in [2.45, 2.75) is 101 Å². The third kappa shape index (κ3) is 9.76. The molecule has 0 aromatic heterocycles. The quantitative estimate of drug-likeness (QED) is 0.0988. The van der Waals surface area contributed by atoms with Gasteiger partial charge in [-0.3, -0.25) is 0 Å². The van der Waals surface area contributed by atoms with Crippen molar-refractivity contribution in [2.24, 2.45) is 0 Å². The minimum atomic E-state index is -1.75. The van der Waals surface area contributed by atoms with Gasteiger partial charge in [0.2, 0.25) is 0 Å². The van der Waals surface area contributed by atoms with Crippen LogP contribution in [0.4, 0.5) is 0 Å². The Bertz CT molecular complexity index is 1940. The fraction of sp³-hybridized carbons (Fsp3) is 0.375. The fourth-order valence-electron chi connectivity index (χ4n) is 7.81. The smallest absolute Gasteiger partial charge is 0.314 e. The summed E-state index contributed by atoms with van der Waals surface area (Å²) in [6.07, 6.45) is -6.16. The van der Waals surface area contributed by atoms with Gasteiger partial charge in [-0.1, -0.05) is 152 Å². The highest BCUT2D eigenvalue weighted by Crippen LogP contribution is 2.44. The molecule has 3 aliphatic rings. The Morgan fingerprint density at radius 3 is 1.33 bits per heavy atom. The number of hydrogen-bond acceptors (Lipinski definition) is 10. The van der Waals surface area contributed by atoms with Crippen molar-refractivity contribution >= 4 is 0 Å². The first kappa shape index (κ1) is 40.5. The Balaban J connectivity index is 1.14. The summed E-state index contributed by atoms with van der Waals surface area (Å²) in [6, 6.07) is 50.1. The van der Waals surface area contributed by atoms with Gasteiger partial charge < -0.3 is 47.4 Å². The molecule has 0 radical (unpaired) electrons. The summed E-state index contributed by atoms with van der Waals surface area (Å²) < 4.78 is 67.2. The van der Waals surface area contributed by atoms with E-state index in [-0.39, 0.29) is 13.2 Å². The van der Waals surface area contributed by atoms with E-state index in [9.17, 15) is 0 Å². The lowest BCUT2D eigenvalue weighted by molar-refractivity contribution is -0.515. The van der Waals surface area contributed by atoms with Crippen molar-refractivity contribution in [3.8, 4) is 0 Å². The van der Waals surface area contributed by atoms with Gasteiger partial charge in [0, 0.05) is 7.11 Å². The number of ether oxygens (including phenoxy) is 10. The van der Waals surface area contributed by atoms with E-state index < -0.39 is 61.1 Å². The lowest BCUT2D eigenvalue weighted by Crippen LogP contribution is -2.74. The van der Waals surface area contributed by atoms with Crippen LogP contribution in [-0.4, -0.2) is 74.8 Å². The van der Waals surface area contributed by atoms with Gasteiger partial charge in [0.05, 0.1) is 45.7 Å². The standard InChI is InChI=1S/C48H52O10/c1-34-41(50-28-35-18-8-3-9-19-35)44(52-30-37-22-12-5-13-23-37)46(54-32-39-26-16-7-17-27-39)48(57-34)55-33-40-42(58-48)43(51-29-36-20-10-4-11-21-36)45(47(49-2)56-40)53-31-38-24-14-6-15-25-38/h3-27,34,40-47H,28-33H2,1-2H3/t34-,40+,41-,42+,43-,44+,45+,46+,47-,48+/m0/s1. The van der Waals surface area contributed by atoms with E-state index in [0.717, 1.165) is 27.8 Å². The van der Waals surface area contributed by atoms with E-state index >= 15 is 0 Å².